The molecule has 26 heavy (non-hydrogen) atoms. The van der Waals surface area contributed by atoms with Crippen molar-refractivity contribution in [3.05, 3.63) is 48.3 Å². The van der Waals surface area contributed by atoms with Gasteiger partial charge in [-0.3, -0.25) is 9.78 Å². The van der Waals surface area contributed by atoms with Gasteiger partial charge >= 0.3 is 0 Å². The molecular formula is C19H19N3O3S. The summed E-state index contributed by atoms with van der Waals surface area (Å²) >= 11 is 0. The van der Waals surface area contributed by atoms with E-state index in [-0.39, 0.29) is 4.90 Å². The highest BCUT2D eigenvalue weighted by Crippen LogP contribution is 2.31. The molecule has 3 heterocycles. The number of nitrogens with one attached hydrogen (secondary N) is 1. The molecule has 0 atom stereocenters. The summed E-state index contributed by atoms with van der Waals surface area (Å²) < 4.78 is 27.4. The summed E-state index contributed by atoms with van der Waals surface area (Å²) in [5.74, 6) is 0. The number of sulfonamides is 1. The molecular weight excluding hydrogens is 350 g/mol. The molecule has 6 nitrogen and oxygen atoms in total. The topological polar surface area (TPSA) is 83.1 Å². The van der Waals surface area contributed by atoms with Crippen LogP contribution in [0.15, 0.2) is 47.6 Å². The fourth-order valence-corrected chi connectivity index (χ4v) is 5.02. The first-order chi connectivity index (χ1) is 12.6. The predicted molar refractivity (Wildman–Crippen MR) is 99.5 cm³/mol. The Labute approximate surface area is 151 Å². The number of nitrogens with zero attached hydrogens (tertiary/aromatic N) is 2. The standard InChI is InChI=1S/C19H19N3O3S/c23-13-17-16-12-15(26(24,25)22-10-2-1-3-11-22)4-5-18(16)21-19(17)14-6-8-20-9-7-14/h4-9,12-13,21H,1-3,10-11H2. The van der Waals surface area contributed by atoms with Gasteiger partial charge in [-0.1, -0.05) is 6.42 Å². The monoisotopic (exact) mass is 369 g/mol. The molecule has 7 heteroatoms. The Bertz CT molecular complexity index is 1050. The van der Waals surface area contributed by atoms with Gasteiger partial charge in [0.15, 0.2) is 6.29 Å². The number of fused-ring (bicyclic) bond motifs is 1. The molecule has 4 rings (SSSR count). The lowest BCUT2D eigenvalue weighted by molar-refractivity contribution is 0.112. The van der Waals surface area contributed by atoms with Crippen molar-refractivity contribution in [2.45, 2.75) is 24.2 Å². The van der Waals surface area contributed by atoms with Crippen molar-refractivity contribution in [2.24, 2.45) is 0 Å². The van der Waals surface area contributed by atoms with Crippen molar-refractivity contribution in [2.75, 3.05) is 13.1 Å². The van der Waals surface area contributed by atoms with Crippen LogP contribution in [0.25, 0.3) is 22.2 Å². The molecule has 1 aliphatic heterocycles. The number of aldehydes is 1. The number of aromatic nitrogens is 2. The molecule has 0 amide bonds. The van der Waals surface area contributed by atoms with E-state index >= 15 is 0 Å². The summed E-state index contributed by atoms with van der Waals surface area (Å²) in [5, 5.41) is 0.616. The van der Waals surface area contributed by atoms with Crippen molar-refractivity contribution >= 4 is 27.2 Å². The summed E-state index contributed by atoms with van der Waals surface area (Å²) in [5.41, 5.74) is 2.70. The molecule has 0 radical (unpaired) electrons. The average Bonchev–Trinajstić information content (AvgIpc) is 3.07. The first-order valence-electron chi connectivity index (χ1n) is 8.63. The number of carbonyl (C=O) groups excluding carboxylic acids is 1. The molecule has 2 aromatic heterocycles. The van der Waals surface area contributed by atoms with Gasteiger partial charge in [0.25, 0.3) is 0 Å². The second-order valence-corrected chi connectivity index (χ2v) is 8.38. The minimum absolute atomic E-state index is 0.232. The van der Waals surface area contributed by atoms with Crippen LogP contribution in [-0.2, 0) is 10.0 Å². The van der Waals surface area contributed by atoms with E-state index in [1.807, 2.05) is 12.1 Å². The number of benzene rings is 1. The molecule has 0 saturated carbocycles. The van der Waals surface area contributed by atoms with Gasteiger partial charge < -0.3 is 4.98 Å². The van der Waals surface area contributed by atoms with Crippen LogP contribution in [0, 0.1) is 0 Å². The van der Waals surface area contributed by atoms with Gasteiger partial charge in [-0.25, -0.2) is 8.42 Å². The average molecular weight is 369 g/mol. The fourth-order valence-electron chi connectivity index (χ4n) is 3.48. The number of H-pyrrole nitrogens is 1. The van der Waals surface area contributed by atoms with E-state index in [1.165, 1.54) is 4.31 Å². The predicted octanol–water partition coefficient (Wildman–Crippen LogP) is 3.22. The van der Waals surface area contributed by atoms with Crippen molar-refractivity contribution in [1.82, 2.24) is 14.3 Å². The van der Waals surface area contributed by atoms with Crippen LogP contribution >= 0.6 is 0 Å². The lowest BCUT2D eigenvalue weighted by Crippen LogP contribution is -2.35. The smallest absolute Gasteiger partial charge is 0.243 e. The molecule has 134 valence electrons. The summed E-state index contributed by atoms with van der Waals surface area (Å²) in [7, 11) is -3.54. The summed E-state index contributed by atoms with van der Waals surface area (Å²) in [6.45, 7) is 1.10. The molecule has 0 spiro atoms. The fraction of sp³-hybridized carbons (Fsp3) is 0.263. The van der Waals surface area contributed by atoms with Crippen molar-refractivity contribution in [3.63, 3.8) is 0 Å². The third kappa shape index (κ3) is 2.83. The van der Waals surface area contributed by atoms with Gasteiger partial charge in [-0.05, 0) is 43.2 Å². The van der Waals surface area contributed by atoms with Crippen LogP contribution in [0.3, 0.4) is 0 Å². The zero-order valence-electron chi connectivity index (χ0n) is 14.2. The summed E-state index contributed by atoms with van der Waals surface area (Å²) in [6, 6.07) is 8.55. The number of aromatic amines is 1. The van der Waals surface area contributed by atoms with E-state index in [0.717, 1.165) is 36.6 Å². The Morgan fingerprint density at radius 3 is 2.46 bits per heavy atom. The van der Waals surface area contributed by atoms with Gasteiger partial charge in [0.1, 0.15) is 0 Å². The molecule has 1 N–H and O–H groups in total. The SMILES string of the molecule is O=Cc1c(-c2ccncc2)[nH]c2ccc(S(=O)(=O)N3CCCCC3)cc12. The van der Waals surface area contributed by atoms with Gasteiger partial charge in [0.2, 0.25) is 10.0 Å². The number of carbonyl (C=O) groups is 1. The van der Waals surface area contributed by atoms with E-state index in [1.54, 1.807) is 30.6 Å². The van der Waals surface area contributed by atoms with Gasteiger partial charge in [0, 0.05) is 47.5 Å². The first-order valence-corrected chi connectivity index (χ1v) is 10.1. The number of hydrogen-bond donors (Lipinski definition) is 1. The first kappa shape index (κ1) is 16.9. The van der Waals surface area contributed by atoms with Crippen molar-refractivity contribution < 1.29 is 13.2 Å². The largest absolute Gasteiger partial charge is 0.354 e. The van der Waals surface area contributed by atoms with Crippen LogP contribution in [0.5, 0.6) is 0 Å². The van der Waals surface area contributed by atoms with Gasteiger partial charge in [0.05, 0.1) is 10.6 Å². The molecule has 3 aromatic rings. The number of piperidine rings is 1. The summed E-state index contributed by atoms with van der Waals surface area (Å²) in [4.78, 5) is 19.2. The Kier molecular flexibility index (Phi) is 4.34. The molecule has 1 aromatic carbocycles. The molecule has 0 aliphatic carbocycles. The van der Waals surface area contributed by atoms with Crippen LogP contribution in [0.4, 0.5) is 0 Å². The Morgan fingerprint density at radius 1 is 1.04 bits per heavy atom. The highest BCUT2D eigenvalue weighted by molar-refractivity contribution is 7.89. The van der Waals surface area contributed by atoms with Crippen molar-refractivity contribution in [1.29, 1.82) is 0 Å². The van der Waals surface area contributed by atoms with Crippen molar-refractivity contribution in [3.8, 4) is 11.3 Å². The van der Waals surface area contributed by atoms with E-state index < -0.39 is 10.0 Å². The quantitative estimate of drug-likeness (QED) is 0.716. The molecule has 0 unspecified atom stereocenters. The number of hydrogen-bond acceptors (Lipinski definition) is 4. The molecule has 0 bridgehead atoms. The highest BCUT2D eigenvalue weighted by Gasteiger charge is 2.26. The third-order valence-corrected chi connectivity index (χ3v) is 6.74. The zero-order valence-corrected chi connectivity index (χ0v) is 15.0. The maximum atomic E-state index is 12.9. The number of pyridine rings is 1. The molecule has 1 aliphatic rings. The molecule has 1 fully saturated rings. The number of rotatable bonds is 4. The third-order valence-electron chi connectivity index (χ3n) is 4.85. The second kappa shape index (κ2) is 6.66. The van der Waals surface area contributed by atoms with Crippen LogP contribution < -0.4 is 0 Å². The lowest BCUT2D eigenvalue weighted by atomic mass is 10.1. The zero-order chi connectivity index (χ0) is 18.1. The maximum absolute atomic E-state index is 12.9. The Balaban J connectivity index is 1.84. The van der Waals surface area contributed by atoms with Gasteiger partial charge in [-0.2, -0.15) is 4.31 Å². The molecule has 1 saturated heterocycles. The Hall–Kier alpha value is -2.51. The minimum Gasteiger partial charge on any atom is -0.354 e. The van der Waals surface area contributed by atoms with E-state index in [2.05, 4.69) is 9.97 Å². The van der Waals surface area contributed by atoms with Crippen LogP contribution in [0.1, 0.15) is 29.6 Å². The van der Waals surface area contributed by atoms with Crippen LogP contribution in [0.2, 0.25) is 0 Å². The maximum Gasteiger partial charge on any atom is 0.243 e. The normalized spacial score (nSPS) is 16.0. The second-order valence-electron chi connectivity index (χ2n) is 6.44. The lowest BCUT2D eigenvalue weighted by Gasteiger charge is -2.25. The van der Waals surface area contributed by atoms with E-state index in [9.17, 15) is 13.2 Å². The van der Waals surface area contributed by atoms with E-state index in [0.29, 0.717) is 29.7 Å². The Morgan fingerprint density at radius 2 is 1.77 bits per heavy atom. The minimum atomic E-state index is -3.54. The van der Waals surface area contributed by atoms with E-state index in [4.69, 9.17) is 0 Å². The van der Waals surface area contributed by atoms with Crippen LogP contribution in [-0.4, -0.2) is 42.1 Å². The van der Waals surface area contributed by atoms with Gasteiger partial charge in [-0.15, -0.1) is 0 Å². The highest BCUT2D eigenvalue weighted by atomic mass is 32.2. The summed E-state index contributed by atoms with van der Waals surface area (Å²) in [6.07, 6.45) is 6.91.